The second-order valence-electron chi connectivity index (χ2n) is 3.84. The average Bonchev–Trinajstić information content (AvgIpc) is 2.42. The van der Waals surface area contributed by atoms with Crippen LogP contribution in [0.4, 0.5) is 0 Å². The second-order valence-corrected chi connectivity index (χ2v) is 3.84. The van der Waals surface area contributed by atoms with E-state index in [2.05, 4.69) is 11.9 Å². The lowest BCUT2D eigenvalue weighted by atomic mass is 10.1. The molecule has 0 N–H and O–H groups in total. The van der Waals surface area contributed by atoms with Gasteiger partial charge in [-0.2, -0.15) is 0 Å². The summed E-state index contributed by atoms with van der Waals surface area (Å²) in [7, 11) is 0. The van der Waals surface area contributed by atoms with Crippen molar-refractivity contribution in [3.63, 3.8) is 0 Å². The molecular formula is C9H15NO2. The summed E-state index contributed by atoms with van der Waals surface area (Å²) in [5.41, 5.74) is 0. The second kappa shape index (κ2) is 2.54. The maximum atomic E-state index is 5.73. The van der Waals surface area contributed by atoms with Gasteiger partial charge in [0.15, 0.2) is 5.79 Å². The van der Waals surface area contributed by atoms with Gasteiger partial charge in [-0.25, -0.2) is 0 Å². The van der Waals surface area contributed by atoms with Crippen LogP contribution in [0.15, 0.2) is 4.99 Å². The van der Waals surface area contributed by atoms with Gasteiger partial charge in [-0.05, 0) is 20.3 Å². The molecule has 3 atom stereocenters. The van der Waals surface area contributed by atoms with Crippen LogP contribution in [0, 0.1) is 0 Å². The van der Waals surface area contributed by atoms with Gasteiger partial charge >= 0.3 is 0 Å². The van der Waals surface area contributed by atoms with Crippen LogP contribution in [-0.4, -0.2) is 30.3 Å². The molecule has 0 saturated carbocycles. The summed E-state index contributed by atoms with van der Waals surface area (Å²) in [5, 5.41) is 0. The lowest BCUT2D eigenvalue weighted by Gasteiger charge is -2.19. The van der Waals surface area contributed by atoms with Crippen molar-refractivity contribution in [1.29, 1.82) is 0 Å². The molecule has 68 valence electrons. The first-order valence-electron chi connectivity index (χ1n) is 4.51. The Balaban J connectivity index is 2.11. The van der Waals surface area contributed by atoms with Crippen LogP contribution in [0.3, 0.4) is 0 Å². The monoisotopic (exact) mass is 169 g/mol. The zero-order chi connectivity index (χ0) is 8.77. The summed E-state index contributed by atoms with van der Waals surface area (Å²) in [6.45, 7) is 6.02. The van der Waals surface area contributed by atoms with Gasteiger partial charge in [0.1, 0.15) is 12.2 Å². The Hall–Kier alpha value is -0.410. The zero-order valence-corrected chi connectivity index (χ0v) is 7.78. The fourth-order valence-electron chi connectivity index (χ4n) is 1.85. The van der Waals surface area contributed by atoms with E-state index in [9.17, 15) is 0 Å². The molecule has 2 heterocycles. The molecule has 1 unspecified atom stereocenters. The highest BCUT2D eigenvalue weighted by atomic mass is 16.8. The minimum Gasteiger partial charge on any atom is -0.342 e. The third-order valence-electron chi connectivity index (χ3n) is 2.39. The molecule has 2 aliphatic rings. The van der Waals surface area contributed by atoms with Crippen molar-refractivity contribution in [1.82, 2.24) is 0 Å². The lowest BCUT2D eigenvalue weighted by Crippen LogP contribution is -2.28. The Kier molecular flexibility index (Phi) is 1.73. The summed E-state index contributed by atoms with van der Waals surface area (Å²) in [6.07, 6.45) is 3.15. The van der Waals surface area contributed by atoms with Crippen LogP contribution < -0.4 is 0 Å². The van der Waals surface area contributed by atoms with Gasteiger partial charge in [0.05, 0.1) is 6.04 Å². The molecule has 0 bridgehead atoms. The average molecular weight is 169 g/mol. The number of hydrogen-bond acceptors (Lipinski definition) is 3. The topological polar surface area (TPSA) is 30.8 Å². The highest BCUT2D eigenvalue weighted by Crippen LogP contribution is 2.33. The van der Waals surface area contributed by atoms with Crippen molar-refractivity contribution < 1.29 is 9.47 Å². The first-order chi connectivity index (χ1) is 5.62. The van der Waals surface area contributed by atoms with E-state index in [1.807, 2.05) is 20.1 Å². The smallest absolute Gasteiger partial charge is 0.164 e. The van der Waals surface area contributed by atoms with E-state index < -0.39 is 5.79 Å². The molecule has 0 radical (unpaired) electrons. The minimum absolute atomic E-state index is 0.0879. The van der Waals surface area contributed by atoms with Gasteiger partial charge in [0, 0.05) is 6.21 Å². The number of rotatable bonds is 1. The van der Waals surface area contributed by atoms with Crippen LogP contribution in [0.25, 0.3) is 0 Å². The van der Waals surface area contributed by atoms with E-state index in [4.69, 9.17) is 9.47 Å². The predicted molar refractivity (Wildman–Crippen MR) is 46.4 cm³/mol. The highest BCUT2D eigenvalue weighted by molar-refractivity contribution is 5.68. The van der Waals surface area contributed by atoms with Gasteiger partial charge in [-0.3, -0.25) is 4.99 Å². The van der Waals surface area contributed by atoms with E-state index in [1.165, 1.54) is 0 Å². The summed E-state index contributed by atoms with van der Waals surface area (Å²) in [6, 6.07) is 0.303. The fourth-order valence-corrected chi connectivity index (χ4v) is 1.85. The molecule has 2 rings (SSSR count). The van der Waals surface area contributed by atoms with Crippen molar-refractivity contribution in [2.45, 2.75) is 51.2 Å². The zero-order valence-electron chi connectivity index (χ0n) is 7.78. The number of nitrogens with zero attached hydrogens (tertiary/aromatic N) is 1. The molecule has 0 aromatic carbocycles. The molecule has 0 amide bonds. The van der Waals surface area contributed by atoms with Crippen LogP contribution in [0.1, 0.15) is 27.2 Å². The quantitative estimate of drug-likeness (QED) is 0.593. The molecule has 1 saturated heterocycles. The van der Waals surface area contributed by atoms with Gasteiger partial charge in [0.2, 0.25) is 0 Å². The van der Waals surface area contributed by atoms with Crippen LogP contribution in [0.2, 0.25) is 0 Å². The van der Waals surface area contributed by atoms with Crippen molar-refractivity contribution >= 4 is 6.21 Å². The van der Waals surface area contributed by atoms with Crippen molar-refractivity contribution in [3.05, 3.63) is 0 Å². The van der Waals surface area contributed by atoms with Gasteiger partial charge < -0.3 is 9.47 Å². The summed E-state index contributed by atoms with van der Waals surface area (Å²) in [5.74, 6) is -0.421. The Morgan fingerprint density at radius 1 is 1.42 bits per heavy atom. The van der Waals surface area contributed by atoms with Crippen molar-refractivity contribution in [2.24, 2.45) is 4.99 Å². The molecule has 0 spiro atoms. The molecule has 3 heteroatoms. The van der Waals surface area contributed by atoms with Crippen molar-refractivity contribution in [3.8, 4) is 0 Å². The molecular weight excluding hydrogens is 154 g/mol. The Bertz CT molecular complexity index is 213. The summed E-state index contributed by atoms with van der Waals surface area (Å²) in [4.78, 5) is 4.33. The van der Waals surface area contributed by atoms with E-state index in [1.54, 1.807) is 0 Å². The Morgan fingerprint density at radius 2 is 2.17 bits per heavy atom. The van der Waals surface area contributed by atoms with E-state index in [-0.39, 0.29) is 12.2 Å². The number of ether oxygens (including phenoxy) is 2. The number of hydrogen-bond donors (Lipinski definition) is 0. The molecule has 0 aromatic rings. The third kappa shape index (κ3) is 1.17. The minimum atomic E-state index is -0.421. The largest absolute Gasteiger partial charge is 0.342 e. The highest BCUT2D eigenvalue weighted by Gasteiger charge is 2.46. The normalized spacial score (nSPS) is 43.4. The molecule has 3 nitrogen and oxygen atoms in total. The van der Waals surface area contributed by atoms with Crippen molar-refractivity contribution in [2.75, 3.05) is 0 Å². The first kappa shape index (κ1) is 8.20. The van der Waals surface area contributed by atoms with Crippen LogP contribution >= 0.6 is 0 Å². The van der Waals surface area contributed by atoms with Crippen LogP contribution in [0.5, 0.6) is 0 Å². The Labute approximate surface area is 72.8 Å². The van der Waals surface area contributed by atoms with Gasteiger partial charge in [-0.1, -0.05) is 6.92 Å². The molecule has 12 heavy (non-hydrogen) atoms. The molecule has 1 fully saturated rings. The third-order valence-corrected chi connectivity index (χ3v) is 2.39. The standard InChI is InChI=1S/C9H15NO2/c1-4-6-8-7(5-10-6)11-9(2,3)12-8/h5-8H,4H2,1-3H3/t6-,7?,8+/m1/s1. The van der Waals surface area contributed by atoms with E-state index in [0.29, 0.717) is 6.04 Å². The van der Waals surface area contributed by atoms with Gasteiger partial charge in [-0.15, -0.1) is 0 Å². The van der Waals surface area contributed by atoms with E-state index in [0.717, 1.165) is 6.42 Å². The predicted octanol–water partition coefficient (Wildman–Crippen LogP) is 1.37. The Morgan fingerprint density at radius 3 is 2.83 bits per heavy atom. The molecule has 0 aliphatic carbocycles. The lowest BCUT2D eigenvalue weighted by molar-refractivity contribution is -0.144. The first-order valence-corrected chi connectivity index (χ1v) is 4.51. The maximum Gasteiger partial charge on any atom is 0.164 e. The number of fused-ring (bicyclic) bond motifs is 1. The summed E-state index contributed by atoms with van der Waals surface area (Å²) >= 11 is 0. The maximum absolute atomic E-state index is 5.73. The SMILES string of the molecule is CC[C@H]1N=CC2OC(C)(C)O[C@H]21. The summed E-state index contributed by atoms with van der Waals surface area (Å²) < 4.78 is 11.4. The molecule has 0 aromatic heterocycles. The molecule has 2 aliphatic heterocycles. The van der Waals surface area contributed by atoms with E-state index >= 15 is 0 Å². The fraction of sp³-hybridized carbons (Fsp3) is 0.889. The van der Waals surface area contributed by atoms with Crippen LogP contribution in [-0.2, 0) is 9.47 Å². The van der Waals surface area contributed by atoms with Gasteiger partial charge in [0.25, 0.3) is 0 Å². The number of aliphatic imine (C=N–C) groups is 1.